The molecule has 1 atom stereocenters. The van der Waals surface area contributed by atoms with Gasteiger partial charge >= 0.3 is 0 Å². The predicted molar refractivity (Wildman–Crippen MR) is 144 cm³/mol. The van der Waals surface area contributed by atoms with E-state index in [1.165, 1.54) is 0 Å². The van der Waals surface area contributed by atoms with E-state index in [-0.39, 0.29) is 24.8 Å². The van der Waals surface area contributed by atoms with Gasteiger partial charge in [0.25, 0.3) is 0 Å². The summed E-state index contributed by atoms with van der Waals surface area (Å²) in [5.41, 5.74) is 2.33. The molecule has 0 aliphatic heterocycles. The first-order valence-electron chi connectivity index (χ1n) is 11.7. The third-order valence-electron chi connectivity index (χ3n) is 5.74. The van der Waals surface area contributed by atoms with Crippen molar-refractivity contribution in [3.05, 3.63) is 105 Å². The second-order valence-corrected chi connectivity index (χ2v) is 9.63. The normalized spacial score (nSPS) is 11.7. The molecule has 0 bridgehead atoms. The lowest BCUT2D eigenvalue weighted by atomic mass is 10.0. The van der Waals surface area contributed by atoms with Gasteiger partial charge in [-0.1, -0.05) is 96.7 Å². The maximum atomic E-state index is 13.7. The van der Waals surface area contributed by atoms with Crippen LogP contribution in [0.2, 0.25) is 15.1 Å². The molecule has 2 amide bonds. The van der Waals surface area contributed by atoms with Crippen molar-refractivity contribution in [2.24, 2.45) is 0 Å². The minimum Gasteiger partial charge on any atom is -0.354 e. The van der Waals surface area contributed by atoms with Gasteiger partial charge in [-0.15, -0.1) is 0 Å². The van der Waals surface area contributed by atoms with Crippen molar-refractivity contribution >= 4 is 46.6 Å². The van der Waals surface area contributed by atoms with Crippen molar-refractivity contribution in [1.29, 1.82) is 0 Å². The highest BCUT2D eigenvalue weighted by molar-refractivity contribution is 6.36. The Labute approximate surface area is 222 Å². The van der Waals surface area contributed by atoms with Gasteiger partial charge in [0.15, 0.2) is 0 Å². The fraction of sp³-hybridized carbons (Fsp3) is 0.286. The standard InChI is InChI=1S/C28H29Cl3N2O2/c1-2-3-15-32-28(35)26(17-20-9-5-4-6-10-20)33(19-23-24(30)13-8-14-25(23)31)27(34)18-21-11-7-12-22(29)16-21/h4-14,16,26H,2-3,15,17-19H2,1H3,(H,32,35). The van der Waals surface area contributed by atoms with Crippen LogP contribution in [0.3, 0.4) is 0 Å². The highest BCUT2D eigenvalue weighted by Gasteiger charge is 2.31. The Hall–Kier alpha value is -2.53. The number of carbonyl (C=O) groups excluding carboxylic acids is 2. The molecule has 0 spiro atoms. The van der Waals surface area contributed by atoms with Crippen molar-refractivity contribution < 1.29 is 9.59 Å². The van der Waals surface area contributed by atoms with Gasteiger partial charge in [-0.25, -0.2) is 0 Å². The quantitative estimate of drug-likeness (QED) is 0.278. The van der Waals surface area contributed by atoms with Crippen LogP contribution in [-0.2, 0) is 29.0 Å². The molecule has 1 N–H and O–H groups in total. The number of carbonyl (C=O) groups is 2. The zero-order valence-electron chi connectivity index (χ0n) is 19.6. The monoisotopic (exact) mass is 530 g/mol. The van der Waals surface area contributed by atoms with Crippen LogP contribution in [0.25, 0.3) is 0 Å². The van der Waals surface area contributed by atoms with E-state index < -0.39 is 6.04 Å². The van der Waals surface area contributed by atoms with Crippen LogP contribution in [0.15, 0.2) is 72.8 Å². The zero-order chi connectivity index (χ0) is 25.2. The predicted octanol–water partition coefficient (Wildman–Crippen LogP) is 6.75. The Kier molecular flexibility index (Phi) is 10.5. The molecular weight excluding hydrogens is 503 g/mol. The molecule has 4 nitrogen and oxygen atoms in total. The summed E-state index contributed by atoms with van der Waals surface area (Å²) < 4.78 is 0. The van der Waals surface area contributed by atoms with Crippen molar-refractivity contribution in [3.63, 3.8) is 0 Å². The topological polar surface area (TPSA) is 49.4 Å². The van der Waals surface area contributed by atoms with Gasteiger partial charge in [-0.3, -0.25) is 9.59 Å². The largest absolute Gasteiger partial charge is 0.354 e. The summed E-state index contributed by atoms with van der Waals surface area (Å²) in [7, 11) is 0. The molecule has 1 unspecified atom stereocenters. The van der Waals surface area contributed by atoms with Gasteiger partial charge in [-0.2, -0.15) is 0 Å². The van der Waals surface area contributed by atoms with Crippen LogP contribution < -0.4 is 5.32 Å². The molecule has 0 saturated heterocycles. The van der Waals surface area contributed by atoms with E-state index in [0.717, 1.165) is 24.0 Å². The van der Waals surface area contributed by atoms with E-state index in [4.69, 9.17) is 34.8 Å². The molecule has 0 aromatic heterocycles. The average molecular weight is 532 g/mol. The van der Waals surface area contributed by atoms with Crippen LogP contribution >= 0.6 is 34.8 Å². The van der Waals surface area contributed by atoms with Crippen molar-refractivity contribution in [2.45, 2.75) is 45.2 Å². The molecular formula is C28H29Cl3N2O2. The number of hydrogen-bond acceptors (Lipinski definition) is 2. The average Bonchev–Trinajstić information content (AvgIpc) is 2.83. The van der Waals surface area contributed by atoms with E-state index >= 15 is 0 Å². The second-order valence-electron chi connectivity index (χ2n) is 8.38. The molecule has 3 aromatic carbocycles. The number of unbranched alkanes of at least 4 members (excludes halogenated alkanes) is 1. The van der Waals surface area contributed by atoms with Crippen LogP contribution in [0, 0.1) is 0 Å². The Morgan fingerprint density at radius 1 is 0.886 bits per heavy atom. The fourth-order valence-corrected chi connectivity index (χ4v) is 4.57. The summed E-state index contributed by atoms with van der Waals surface area (Å²) in [6.07, 6.45) is 2.27. The molecule has 0 aliphatic rings. The minimum atomic E-state index is -0.742. The fourth-order valence-electron chi connectivity index (χ4n) is 3.84. The van der Waals surface area contributed by atoms with Crippen molar-refractivity contribution in [1.82, 2.24) is 10.2 Å². The van der Waals surface area contributed by atoms with E-state index in [1.807, 2.05) is 36.4 Å². The first-order chi connectivity index (χ1) is 16.9. The Morgan fingerprint density at radius 3 is 2.20 bits per heavy atom. The summed E-state index contributed by atoms with van der Waals surface area (Å²) in [6.45, 7) is 2.72. The third-order valence-corrected chi connectivity index (χ3v) is 6.68. The number of nitrogens with zero attached hydrogens (tertiary/aromatic N) is 1. The van der Waals surface area contributed by atoms with Gasteiger partial charge in [0.1, 0.15) is 6.04 Å². The van der Waals surface area contributed by atoms with Gasteiger partial charge in [0, 0.05) is 40.1 Å². The first kappa shape index (κ1) is 27.1. The maximum absolute atomic E-state index is 13.7. The van der Waals surface area contributed by atoms with Crippen molar-refractivity contribution in [3.8, 4) is 0 Å². The molecule has 0 heterocycles. The van der Waals surface area contributed by atoms with Gasteiger partial charge < -0.3 is 10.2 Å². The summed E-state index contributed by atoms with van der Waals surface area (Å²) in [5, 5.41) is 4.45. The molecule has 3 aromatic rings. The van der Waals surface area contributed by atoms with Gasteiger partial charge in [-0.05, 0) is 41.8 Å². The Morgan fingerprint density at radius 2 is 1.54 bits per heavy atom. The molecule has 7 heteroatoms. The summed E-state index contributed by atoms with van der Waals surface area (Å²) in [5.74, 6) is -0.417. The van der Waals surface area contributed by atoms with E-state index in [9.17, 15) is 9.59 Å². The third kappa shape index (κ3) is 7.99. The number of rotatable bonds is 11. The highest BCUT2D eigenvalue weighted by atomic mass is 35.5. The van der Waals surface area contributed by atoms with Crippen LogP contribution in [0.4, 0.5) is 0 Å². The molecule has 0 radical (unpaired) electrons. The summed E-state index contributed by atoms with van der Waals surface area (Å²) >= 11 is 19.1. The Balaban J connectivity index is 1.99. The van der Waals surface area contributed by atoms with E-state index in [0.29, 0.717) is 33.6 Å². The number of benzene rings is 3. The lowest BCUT2D eigenvalue weighted by Gasteiger charge is -2.32. The van der Waals surface area contributed by atoms with Gasteiger partial charge in [0.05, 0.1) is 6.42 Å². The molecule has 35 heavy (non-hydrogen) atoms. The van der Waals surface area contributed by atoms with E-state index in [1.54, 1.807) is 41.3 Å². The molecule has 184 valence electrons. The molecule has 0 aliphatic carbocycles. The summed E-state index contributed by atoms with van der Waals surface area (Å²) in [4.78, 5) is 28.8. The SMILES string of the molecule is CCCCNC(=O)C(Cc1ccccc1)N(Cc1c(Cl)cccc1Cl)C(=O)Cc1cccc(Cl)c1. The molecule has 3 rings (SSSR count). The Bertz CT molecular complexity index is 1120. The minimum absolute atomic E-state index is 0.0934. The maximum Gasteiger partial charge on any atom is 0.243 e. The number of amides is 2. The first-order valence-corrected chi connectivity index (χ1v) is 12.8. The highest BCUT2D eigenvalue weighted by Crippen LogP contribution is 2.27. The lowest BCUT2D eigenvalue weighted by Crippen LogP contribution is -2.51. The molecule has 0 saturated carbocycles. The van der Waals surface area contributed by atoms with Crippen LogP contribution in [-0.4, -0.2) is 29.3 Å². The molecule has 0 fully saturated rings. The number of nitrogens with one attached hydrogen (secondary N) is 1. The number of hydrogen-bond donors (Lipinski definition) is 1. The van der Waals surface area contributed by atoms with E-state index in [2.05, 4.69) is 12.2 Å². The summed E-state index contributed by atoms with van der Waals surface area (Å²) in [6, 6.07) is 21.3. The van der Waals surface area contributed by atoms with Crippen LogP contribution in [0.5, 0.6) is 0 Å². The lowest BCUT2D eigenvalue weighted by molar-refractivity contribution is -0.140. The number of halogens is 3. The van der Waals surface area contributed by atoms with Crippen LogP contribution in [0.1, 0.15) is 36.5 Å². The van der Waals surface area contributed by atoms with Gasteiger partial charge in [0.2, 0.25) is 11.8 Å². The van der Waals surface area contributed by atoms with Crippen molar-refractivity contribution in [2.75, 3.05) is 6.54 Å². The second kappa shape index (κ2) is 13.5. The zero-order valence-corrected chi connectivity index (χ0v) is 21.9. The smallest absolute Gasteiger partial charge is 0.243 e.